The van der Waals surface area contributed by atoms with Crippen LogP contribution in [0.3, 0.4) is 0 Å². The average molecular weight is 267 g/mol. The van der Waals surface area contributed by atoms with E-state index in [1.54, 1.807) is 17.8 Å². The lowest BCUT2D eigenvalue weighted by Gasteiger charge is -2.07. The highest BCUT2D eigenvalue weighted by Crippen LogP contribution is 2.28. The summed E-state index contributed by atoms with van der Waals surface area (Å²) in [7, 11) is 1.74. The summed E-state index contributed by atoms with van der Waals surface area (Å²) >= 11 is 1.25. The van der Waals surface area contributed by atoms with Crippen LogP contribution < -0.4 is 5.73 Å². The fraction of sp³-hybridized carbons (Fsp3) is 0.100. The maximum atomic E-state index is 13.2. The van der Waals surface area contributed by atoms with Gasteiger partial charge in [-0.3, -0.25) is 0 Å². The van der Waals surface area contributed by atoms with E-state index in [1.807, 2.05) is 0 Å². The van der Waals surface area contributed by atoms with Gasteiger partial charge in [0.1, 0.15) is 12.1 Å². The van der Waals surface area contributed by atoms with Crippen LogP contribution in [0.1, 0.15) is 5.56 Å². The Bertz CT molecular complexity index is 598. The second-order valence-corrected chi connectivity index (χ2v) is 4.40. The van der Waals surface area contributed by atoms with E-state index >= 15 is 0 Å². The van der Waals surface area contributed by atoms with Crippen molar-refractivity contribution in [3.05, 3.63) is 35.9 Å². The van der Waals surface area contributed by atoms with Crippen LogP contribution in [0.4, 0.5) is 4.39 Å². The van der Waals surface area contributed by atoms with Gasteiger partial charge in [0.15, 0.2) is 11.0 Å². The first-order chi connectivity index (χ1) is 8.61. The number of rotatable bonds is 3. The molecule has 6 nitrogen and oxygen atoms in total. The third kappa shape index (κ3) is 2.43. The van der Waals surface area contributed by atoms with Gasteiger partial charge in [0, 0.05) is 17.5 Å². The van der Waals surface area contributed by atoms with E-state index in [4.69, 9.17) is 10.9 Å². The van der Waals surface area contributed by atoms with E-state index in [9.17, 15) is 4.39 Å². The molecule has 2 aromatic rings. The Morgan fingerprint density at radius 2 is 2.33 bits per heavy atom. The van der Waals surface area contributed by atoms with E-state index in [2.05, 4.69) is 15.2 Å². The summed E-state index contributed by atoms with van der Waals surface area (Å²) < 4.78 is 14.7. The summed E-state index contributed by atoms with van der Waals surface area (Å²) in [5.74, 6) is -0.613. The molecule has 0 fully saturated rings. The van der Waals surface area contributed by atoms with Gasteiger partial charge in [-0.05, 0) is 30.0 Å². The Morgan fingerprint density at radius 1 is 1.56 bits per heavy atom. The van der Waals surface area contributed by atoms with Crippen LogP contribution >= 0.6 is 11.8 Å². The zero-order valence-corrected chi connectivity index (χ0v) is 10.2. The lowest BCUT2D eigenvalue weighted by molar-refractivity contribution is 0.318. The third-order valence-electron chi connectivity index (χ3n) is 2.20. The molecule has 3 N–H and O–H groups in total. The predicted octanol–water partition coefficient (Wildman–Crippen LogP) is 1.20. The first-order valence-electron chi connectivity index (χ1n) is 4.91. The number of aryl methyl sites for hydroxylation is 1. The summed E-state index contributed by atoms with van der Waals surface area (Å²) in [5.41, 5.74) is 5.82. The van der Waals surface area contributed by atoms with Gasteiger partial charge in [0.25, 0.3) is 0 Å². The molecule has 0 atom stereocenters. The minimum absolute atomic E-state index is 0.154. The number of amidine groups is 1. The molecule has 0 amide bonds. The topological polar surface area (TPSA) is 89.3 Å². The molecule has 0 spiro atoms. The van der Waals surface area contributed by atoms with Gasteiger partial charge in [-0.1, -0.05) is 5.16 Å². The first-order valence-corrected chi connectivity index (χ1v) is 5.72. The number of nitrogens with zero attached hydrogens (tertiary/aromatic N) is 4. The molecule has 1 heterocycles. The van der Waals surface area contributed by atoms with Crippen LogP contribution in [0.15, 0.2) is 39.7 Å². The smallest absolute Gasteiger partial charge is 0.190 e. The maximum absolute atomic E-state index is 13.2. The van der Waals surface area contributed by atoms with E-state index in [1.165, 1.54) is 30.2 Å². The van der Waals surface area contributed by atoms with Crippen molar-refractivity contribution in [1.82, 2.24) is 14.8 Å². The van der Waals surface area contributed by atoms with Gasteiger partial charge in [0.05, 0.1) is 0 Å². The van der Waals surface area contributed by atoms with Crippen molar-refractivity contribution >= 4 is 17.6 Å². The van der Waals surface area contributed by atoms with Crippen molar-refractivity contribution in [1.29, 1.82) is 0 Å². The molecule has 0 saturated heterocycles. The molecule has 0 unspecified atom stereocenters. The molecule has 1 aromatic carbocycles. The molecule has 18 heavy (non-hydrogen) atoms. The van der Waals surface area contributed by atoms with Crippen molar-refractivity contribution in [2.75, 3.05) is 0 Å². The summed E-state index contributed by atoms with van der Waals surface area (Å²) in [6.07, 6.45) is 1.41. The number of aromatic nitrogens is 3. The number of nitrogens with two attached hydrogens (primary N) is 1. The lowest BCUT2D eigenvalue weighted by atomic mass is 10.2. The summed E-state index contributed by atoms with van der Waals surface area (Å²) in [6.45, 7) is 0. The van der Waals surface area contributed by atoms with Crippen LogP contribution in [-0.4, -0.2) is 25.8 Å². The van der Waals surface area contributed by atoms with E-state index < -0.39 is 5.82 Å². The zero-order valence-electron chi connectivity index (χ0n) is 9.41. The molecule has 0 aliphatic rings. The first kappa shape index (κ1) is 12.4. The largest absolute Gasteiger partial charge is 0.409 e. The standard InChI is InChI=1S/C10H10FN5OS/c1-16-10(13-5-14-16)18-8-3-2-6(11)4-7(8)9(12)15-17/h2-5,17H,1H3,(H2,12,15). The molecule has 0 aliphatic heterocycles. The molecule has 2 rings (SSSR count). The van der Waals surface area contributed by atoms with Crippen LogP contribution in [0.5, 0.6) is 0 Å². The van der Waals surface area contributed by atoms with Crippen molar-refractivity contribution < 1.29 is 9.60 Å². The second kappa shape index (κ2) is 5.05. The van der Waals surface area contributed by atoms with Gasteiger partial charge < -0.3 is 10.9 Å². The highest BCUT2D eigenvalue weighted by Gasteiger charge is 2.12. The Balaban J connectivity index is 2.42. The molecule has 0 aliphatic carbocycles. The SMILES string of the molecule is Cn1ncnc1Sc1ccc(F)cc1/C(N)=N/O. The van der Waals surface area contributed by atoms with Crippen molar-refractivity contribution in [2.45, 2.75) is 10.1 Å². The Hall–Kier alpha value is -2.09. The number of halogens is 1. The fourth-order valence-corrected chi connectivity index (χ4v) is 2.21. The molecule has 0 radical (unpaired) electrons. The monoisotopic (exact) mass is 267 g/mol. The minimum Gasteiger partial charge on any atom is -0.409 e. The predicted molar refractivity (Wildman–Crippen MR) is 64.0 cm³/mol. The molecule has 8 heteroatoms. The molecular weight excluding hydrogens is 257 g/mol. The van der Waals surface area contributed by atoms with Crippen LogP contribution in [0.25, 0.3) is 0 Å². The van der Waals surface area contributed by atoms with Gasteiger partial charge >= 0.3 is 0 Å². The van der Waals surface area contributed by atoms with Gasteiger partial charge in [-0.15, -0.1) is 0 Å². The zero-order chi connectivity index (χ0) is 13.1. The van der Waals surface area contributed by atoms with Gasteiger partial charge in [0.2, 0.25) is 0 Å². The maximum Gasteiger partial charge on any atom is 0.190 e. The summed E-state index contributed by atoms with van der Waals surface area (Å²) in [4.78, 5) is 4.67. The van der Waals surface area contributed by atoms with E-state index in [0.717, 1.165) is 0 Å². The van der Waals surface area contributed by atoms with Crippen molar-refractivity contribution in [3.8, 4) is 0 Å². The van der Waals surface area contributed by atoms with Crippen molar-refractivity contribution in [2.24, 2.45) is 17.9 Å². The fourth-order valence-electron chi connectivity index (χ4n) is 1.32. The van der Waals surface area contributed by atoms with Gasteiger partial charge in [-0.2, -0.15) is 5.10 Å². The van der Waals surface area contributed by atoms with Crippen molar-refractivity contribution in [3.63, 3.8) is 0 Å². The Morgan fingerprint density at radius 3 is 2.94 bits per heavy atom. The van der Waals surface area contributed by atoms with Crippen LogP contribution in [-0.2, 0) is 7.05 Å². The number of hydrogen-bond donors (Lipinski definition) is 2. The normalized spacial score (nSPS) is 11.8. The molecular formula is C10H10FN5OS. The summed E-state index contributed by atoms with van der Waals surface area (Å²) in [5, 5.41) is 16.1. The van der Waals surface area contributed by atoms with E-state index in [-0.39, 0.29) is 5.84 Å². The quantitative estimate of drug-likeness (QED) is 0.377. The number of oxime groups is 1. The van der Waals surface area contributed by atoms with E-state index in [0.29, 0.717) is 15.6 Å². The average Bonchev–Trinajstić information content (AvgIpc) is 2.76. The summed E-state index contributed by atoms with van der Waals surface area (Å²) in [6, 6.07) is 4.04. The molecule has 1 aromatic heterocycles. The Labute approximate surface area is 106 Å². The van der Waals surface area contributed by atoms with Crippen LogP contribution in [0, 0.1) is 5.82 Å². The third-order valence-corrected chi connectivity index (χ3v) is 3.32. The second-order valence-electron chi connectivity index (χ2n) is 3.39. The molecule has 0 bridgehead atoms. The highest BCUT2D eigenvalue weighted by atomic mass is 32.2. The number of benzene rings is 1. The Kier molecular flexibility index (Phi) is 3.47. The molecule has 0 saturated carbocycles. The highest BCUT2D eigenvalue weighted by molar-refractivity contribution is 7.99. The van der Waals surface area contributed by atoms with Gasteiger partial charge in [-0.25, -0.2) is 14.1 Å². The van der Waals surface area contributed by atoms with Crippen LogP contribution in [0.2, 0.25) is 0 Å². The minimum atomic E-state index is -0.459. The molecule has 94 valence electrons. The number of hydrogen-bond acceptors (Lipinski definition) is 5. The lowest BCUT2D eigenvalue weighted by Crippen LogP contribution is -2.14.